The Balaban J connectivity index is 1.24. The molecule has 0 aliphatic carbocycles. The third-order valence-corrected chi connectivity index (χ3v) is 14.9. The lowest BCUT2D eigenvalue weighted by Crippen LogP contribution is -2.57. The number of nitrogens with zero attached hydrogens (tertiary/aromatic N) is 3. The Hall–Kier alpha value is -8.49. The van der Waals surface area contributed by atoms with Gasteiger partial charge in [0.1, 0.15) is 41.7 Å². The second kappa shape index (κ2) is 22.4. The van der Waals surface area contributed by atoms with E-state index in [1.165, 1.54) is 7.11 Å². The van der Waals surface area contributed by atoms with Crippen LogP contribution in [0.25, 0.3) is 0 Å². The number of methoxy groups -OCH3 is 2. The molecule has 4 heterocycles. The first-order chi connectivity index (χ1) is 37.5. The number of ether oxygens (including phenoxy) is 5. The molecular weight excluding hydrogens is 979 g/mol. The fourth-order valence-electron chi connectivity index (χ4n) is 11.3. The smallest absolute Gasteiger partial charge is 0.329 e. The number of morpholine rings is 2. The minimum absolute atomic E-state index is 0.0104. The van der Waals surface area contributed by atoms with Crippen molar-refractivity contribution in [3.05, 3.63) is 185 Å². The predicted molar refractivity (Wildman–Crippen MR) is 287 cm³/mol. The molecule has 16 heteroatoms. The molecule has 4 amide bonds. The summed E-state index contributed by atoms with van der Waals surface area (Å²) in [5.74, 6) is 2.41. The van der Waals surface area contributed by atoms with Crippen molar-refractivity contribution in [1.29, 1.82) is 0 Å². The van der Waals surface area contributed by atoms with Gasteiger partial charge in [-0.1, -0.05) is 98.5 Å². The summed E-state index contributed by atoms with van der Waals surface area (Å²) in [7, 11) is 2.79. The monoisotopic (exact) mass is 1040 g/mol. The Kier molecular flexibility index (Phi) is 15.1. The first-order valence-corrected chi connectivity index (χ1v) is 25.6. The SMILES string of the molecule is COC(=O)C(NC(=O)N1C(=O)C2(c3cc(C#Cc4ccc(OC)cc4)ccc31)C(C(=O)Nc1ccc(N3CCOCC3)cc1)C1C(=O)OC(c3ccccc3)C(c3ccccc3)N1C2c1ccc(OCCO)cc1)C(C)C. The Labute approximate surface area is 446 Å². The third-order valence-electron chi connectivity index (χ3n) is 14.9. The number of esters is 2. The van der Waals surface area contributed by atoms with E-state index in [1.807, 2.05) is 89.8 Å². The number of aliphatic hydroxyl groups excluding tert-OH is 1. The molecule has 10 rings (SSSR count). The standard InChI is InChI=1S/C61H59N5O11/c1-38(2)51(57(69)74-4)63-60(72)65-49-30-19-40(16-15-39-17-26-46(73-3)27-18-39)37-48(49)61(59(65)71)50(56(68)62-44-22-24-45(25-23-44)64-31-34-75-35-32-64)53-58(70)77-54(42-13-9-6-10-14-42)52(41-11-7-5-8-12-41)66(53)55(61)43-20-28-47(29-21-43)76-36-33-67/h5-14,17-30,37-38,50-55,67H,31-36H2,1-4H3,(H,62,68)(H,63,72). The lowest BCUT2D eigenvalue weighted by molar-refractivity contribution is -0.177. The molecule has 7 unspecified atom stereocenters. The van der Waals surface area contributed by atoms with Crippen LogP contribution in [0.5, 0.6) is 11.5 Å². The van der Waals surface area contributed by atoms with Gasteiger partial charge < -0.3 is 44.3 Å². The zero-order valence-corrected chi connectivity index (χ0v) is 43.1. The first-order valence-electron chi connectivity index (χ1n) is 25.6. The number of amides is 4. The lowest BCUT2D eigenvalue weighted by Gasteiger charge is -2.46. The van der Waals surface area contributed by atoms with Crippen molar-refractivity contribution in [2.24, 2.45) is 11.8 Å². The summed E-state index contributed by atoms with van der Waals surface area (Å²) >= 11 is 0. The zero-order chi connectivity index (χ0) is 53.8. The number of aliphatic hydroxyl groups is 1. The maximum atomic E-state index is 16.9. The summed E-state index contributed by atoms with van der Waals surface area (Å²) in [4.78, 5) is 82.4. The van der Waals surface area contributed by atoms with Gasteiger partial charge in [-0.25, -0.2) is 14.5 Å². The highest BCUT2D eigenvalue weighted by Crippen LogP contribution is 2.66. The molecule has 4 aliphatic rings. The normalized spacial score (nSPS) is 22.0. The number of cyclic esters (lactones) is 1. The lowest BCUT2D eigenvalue weighted by atomic mass is 9.65. The van der Waals surface area contributed by atoms with Crippen molar-refractivity contribution in [3.63, 3.8) is 0 Å². The van der Waals surface area contributed by atoms with Crippen LogP contribution in [0.15, 0.2) is 152 Å². The molecule has 6 aromatic carbocycles. The van der Waals surface area contributed by atoms with E-state index < -0.39 is 77.3 Å². The van der Waals surface area contributed by atoms with Crippen molar-refractivity contribution in [2.75, 3.05) is 68.9 Å². The fraction of sp³-hybridized carbons (Fsp3) is 0.295. The van der Waals surface area contributed by atoms with Gasteiger partial charge in [-0.15, -0.1) is 0 Å². The summed E-state index contributed by atoms with van der Waals surface area (Å²) in [6, 6.07) is 39.6. The van der Waals surface area contributed by atoms with Gasteiger partial charge in [-0.2, -0.15) is 0 Å². The summed E-state index contributed by atoms with van der Waals surface area (Å²) in [6.45, 7) is 5.77. The zero-order valence-electron chi connectivity index (χ0n) is 43.1. The quantitative estimate of drug-likeness (QED) is 0.0763. The van der Waals surface area contributed by atoms with Crippen molar-refractivity contribution in [2.45, 2.75) is 49.5 Å². The van der Waals surface area contributed by atoms with Crippen LogP contribution >= 0.6 is 0 Å². The highest BCUT2D eigenvalue weighted by atomic mass is 16.6. The third kappa shape index (κ3) is 9.85. The number of nitrogens with one attached hydrogen (secondary N) is 2. The Morgan fingerprint density at radius 2 is 1.39 bits per heavy atom. The number of imide groups is 1. The Morgan fingerprint density at radius 3 is 2.03 bits per heavy atom. The van der Waals surface area contributed by atoms with Gasteiger partial charge in [0.25, 0.3) is 0 Å². The van der Waals surface area contributed by atoms with Gasteiger partial charge in [-0.05, 0) is 107 Å². The average Bonchev–Trinajstić information content (AvgIpc) is 2.98. The number of anilines is 3. The molecule has 394 valence electrons. The molecule has 4 aliphatic heterocycles. The van der Waals surface area contributed by atoms with Gasteiger partial charge in [-0.3, -0.25) is 19.3 Å². The number of rotatable bonds is 13. The van der Waals surface area contributed by atoms with Crippen LogP contribution in [0.3, 0.4) is 0 Å². The maximum Gasteiger partial charge on any atom is 0.329 e. The number of urea groups is 1. The molecule has 6 aromatic rings. The van der Waals surface area contributed by atoms with Crippen LogP contribution in [-0.4, -0.2) is 106 Å². The number of hydrogen-bond donors (Lipinski definition) is 3. The fourth-order valence-corrected chi connectivity index (χ4v) is 11.3. The molecule has 7 atom stereocenters. The van der Waals surface area contributed by atoms with Gasteiger partial charge in [0.2, 0.25) is 11.8 Å². The van der Waals surface area contributed by atoms with Gasteiger partial charge >= 0.3 is 18.0 Å². The van der Waals surface area contributed by atoms with E-state index in [0.29, 0.717) is 65.7 Å². The van der Waals surface area contributed by atoms with Crippen molar-refractivity contribution >= 4 is 46.8 Å². The minimum atomic E-state index is -2.14. The van der Waals surface area contributed by atoms with Gasteiger partial charge in [0, 0.05) is 35.6 Å². The molecule has 0 aromatic heterocycles. The molecule has 3 saturated heterocycles. The van der Waals surface area contributed by atoms with E-state index in [2.05, 4.69) is 27.4 Å². The second-order valence-corrected chi connectivity index (χ2v) is 19.6. The number of benzene rings is 6. The largest absolute Gasteiger partial charge is 0.497 e. The van der Waals surface area contributed by atoms with E-state index >= 15 is 19.2 Å². The molecular formula is C61H59N5O11. The number of fused-ring (bicyclic) bond motifs is 3. The molecule has 1 spiro atoms. The molecule has 77 heavy (non-hydrogen) atoms. The number of carbonyl (C=O) groups is 5. The van der Waals surface area contributed by atoms with Crippen LogP contribution in [0.4, 0.5) is 21.9 Å². The highest BCUT2D eigenvalue weighted by molar-refractivity contribution is 6.25. The van der Waals surface area contributed by atoms with Crippen molar-refractivity contribution in [3.8, 4) is 23.3 Å². The maximum absolute atomic E-state index is 16.9. The van der Waals surface area contributed by atoms with E-state index in [0.717, 1.165) is 16.2 Å². The second-order valence-electron chi connectivity index (χ2n) is 19.6. The van der Waals surface area contributed by atoms with Crippen LogP contribution in [-0.2, 0) is 38.8 Å². The molecule has 0 radical (unpaired) electrons. The van der Waals surface area contributed by atoms with Crippen molar-refractivity contribution < 1.29 is 52.8 Å². The summed E-state index contributed by atoms with van der Waals surface area (Å²) in [5.41, 5.74) is 2.49. The van der Waals surface area contributed by atoms with Crippen LogP contribution < -0.4 is 29.9 Å². The van der Waals surface area contributed by atoms with E-state index in [-0.39, 0.29) is 24.5 Å². The molecule has 16 nitrogen and oxygen atoms in total. The number of hydrogen-bond acceptors (Lipinski definition) is 13. The predicted octanol–water partition coefficient (Wildman–Crippen LogP) is 7.51. The molecule has 0 bridgehead atoms. The first kappa shape index (κ1) is 52.0. The average molecular weight is 1040 g/mol. The molecule has 3 N–H and O–H groups in total. The van der Waals surface area contributed by atoms with Crippen LogP contribution in [0, 0.1) is 23.7 Å². The summed E-state index contributed by atoms with van der Waals surface area (Å²) in [6.07, 6.45) is -0.965. The molecule has 3 fully saturated rings. The van der Waals surface area contributed by atoms with Crippen molar-refractivity contribution in [1.82, 2.24) is 10.2 Å². The molecule has 0 saturated carbocycles. The van der Waals surface area contributed by atoms with Crippen LogP contribution in [0.1, 0.15) is 65.4 Å². The van der Waals surface area contributed by atoms with E-state index in [9.17, 15) is 9.90 Å². The van der Waals surface area contributed by atoms with Gasteiger partial charge in [0.05, 0.1) is 57.7 Å². The topological polar surface area (TPSA) is 186 Å². The Morgan fingerprint density at radius 1 is 0.753 bits per heavy atom. The summed E-state index contributed by atoms with van der Waals surface area (Å²) in [5, 5.41) is 15.6. The van der Waals surface area contributed by atoms with E-state index in [1.54, 1.807) is 87.7 Å². The summed E-state index contributed by atoms with van der Waals surface area (Å²) < 4.78 is 28.6. The van der Waals surface area contributed by atoms with Gasteiger partial charge in [0.15, 0.2) is 0 Å². The highest BCUT2D eigenvalue weighted by Gasteiger charge is 2.75. The Bertz CT molecular complexity index is 3190. The van der Waals surface area contributed by atoms with Crippen LogP contribution in [0.2, 0.25) is 0 Å². The minimum Gasteiger partial charge on any atom is -0.497 e. The number of carbonyl (C=O) groups excluding carboxylic acids is 5. The van der Waals surface area contributed by atoms with E-state index in [4.69, 9.17) is 23.7 Å².